The molecule has 0 heterocycles. The second-order valence-electron chi connectivity index (χ2n) is 4.24. The summed E-state index contributed by atoms with van der Waals surface area (Å²) in [5.41, 5.74) is 7.16. The van der Waals surface area contributed by atoms with Crippen molar-refractivity contribution in [3.05, 3.63) is 58.1 Å². The SMILES string of the molecule is CN(Cc1c(F)ccc(Br)c1F)c1ccccc1N. The molecule has 0 unspecified atom stereocenters. The molecule has 0 spiro atoms. The second-order valence-corrected chi connectivity index (χ2v) is 5.09. The maximum absolute atomic E-state index is 13.9. The number of halogens is 3. The van der Waals surface area contributed by atoms with E-state index in [4.69, 9.17) is 5.73 Å². The molecule has 2 aromatic rings. The van der Waals surface area contributed by atoms with Crippen molar-refractivity contribution in [2.24, 2.45) is 0 Å². The van der Waals surface area contributed by atoms with Crippen LogP contribution in [0.2, 0.25) is 0 Å². The molecule has 2 nitrogen and oxygen atoms in total. The van der Waals surface area contributed by atoms with E-state index in [1.807, 2.05) is 18.2 Å². The first-order valence-electron chi connectivity index (χ1n) is 5.68. The van der Waals surface area contributed by atoms with Crippen molar-refractivity contribution in [2.75, 3.05) is 17.7 Å². The quantitative estimate of drug-likeness (QED) is 0.683. The molecule has 0 radical (unpaired) electrons. The van der Waals surface area contributed by atoms with Crippen LogP contribution in [0, 0.1) is 11.6 Å². The molecule has 100 valence electrons. The third kappa shape index (κ3) is 2.87. The average molecular weight is 327 g/mol. The zero-order valence-corrected chi connectivity index (χ0v) is 11.9. The molecular formula is C14H13BrF2N2. The summed E-state index contributed by atoms with van der Waals surface area (Å²) in [6.07, 6.45) is 0. The van der Waals surface area contributed by atoms with Crippen LogP contribution >= 0.6 is 15.9 Å². The van der Waals surface area contributed by atoms with E-state index in [1.165, 1.54) is 12.1 Å². The van der Waals surface area contributed by atoms with Gasteiger partial charge in [0.2, 0.25) is 0 Å². The van der Waals surface area contributed by atoms with Gasteiger partial charge in [-0.3, -0.25) is 0 Å². The van der Waals surface area contributed by atoms with Gasteiger partial charge in [-0.05, 0) is 40.2 Å². The fraction of sp³-hybridized carbons (Fsp3) is 0.143. The third-order valence-electron chi connectivity index (χ3n) is 2.88. The van der Waals surface area contributed by atoms with Crippen molar-refractivity contribution < 1.29 is 8.78 Å². The van der Waals surface area contributed by atoms with Crippen LogP contribution in [-0.2, 0) is 6.54 Å². The van der Waals surface area contributed by atoms with Crippen molar-refractivity contribution in [3.63, 3.8) is 0 Å². The largest absolute Gasteiger partial charge is 0.397 e. The van der Waals surface area contributed by atoms with Gasteiger partial charge in [0.05, 0.1) is 15.8 Å². The summed E-state index contributed by atoms with van der Waals surface area (Å²) in [7, 11) is 1.74. The third-order valence-corrected chi connectivity index (χ3v) is 3.49. The zero-order chi connectivity index (χ0) is 14.0. The minimum absolute atomic E-state index is 0.0140. The van der Waals surface area contributed by atoms with E-state index in [9.17, 15) is 8.78 Å². The molecule has 0 bridgehead atoms. The lowest BCUT2D eigenvalue weighted by molar-refractivity contribution is 0.549. The van der Waals surface area contributed by atoms with Gasteiger partial charge in [0.15, 0.2) is 0 Å². The van der Waals surface area contributed by atoms with Gasteiger partial charge in [-0.1, -0.05) is 12.1 Å². The molecule has 5 heteroatoms. The second kappa shape index (κ2) is 5.57. The standard InChI is InChI=1S/C14H13BrF2N2/c1-19(13-5-3-2-4-12(13)18)8-9-11(16)7-6-10(15)14(9)17/h2-7H,8,18H2,1H3. The van der Waals surface area contributed by atoms with Crippen molar-refractivity contribution in [1.29, 1.82) is 0 Å². The number of benzene rings is 2. The smallest absolute Gasteiger partial charge is 0.145 e. The molecule has 2 N–H and O–H groups in total. The Bertz CT molecular complexity index is 602. The van der Waals surface area contributed by atoms with E-state index < -0.39 is 11.6 Å². The summed E-state index contributed by atoms with van der Waals surface area (Å²) >= 11 is 3.06. The first-order chi connectivity index (χ1) is 9.00. The lowest BCUT2D eigenvalue weighted by Gasteiger charge is -2.21. The number of hydrogen-bond acceptors (Lipinski definition) is 2. The number of nitrogen functional groups attached to an aromatic ring is 1. The van der Waals surface area contributed by atoms with Crippen LogP contribution in [0.3, 0.4) is 0 Å². The maximum Gasteiger partial charge on any atom is 0.145 e. The molecule has 0 saturated carbocycles. The lowest BCUT2D eigenvalue weighted by atomic mass is 10.1. The summed E-state index contributed by atoms with van der Waals surface area (Å²) in [4.78, 5) is 1.71. The molecule has 0 aromatic heterocycles. The Morgan fingerprint density at radius 3 is 2.53 bits per heavy atom. The van der Waals surface area contributed by atoms with E-state index >= 15 is 0 Å². The van der Waals surface area contributed by atoms with Crippen LogP contribution in [0.15, 0.2) is 40.9 Å². The number of rotatable bonds is 3. The van der Waals surface area contributed by atoms with E-state index in [2.05, 4.69) is 15.9 Å². The molecule has 0 fully saturated rings. The Morgan fingerprint density at radius 1 is 1.16 bits per heavy atom. The van der Waals surface area contributed by atoms with Gasteiger partial charge in [0, 0.05) is 19.2 Å². The molecule has 0 amide bonds. The summed E-state index contributed by atoms with van der Waals surface area (Å²) in [5.74, 6) is -1.15. The van der Waals surface area contributed by atoms with Gasteiger partial charge in [-0.2, -0.15) is 0 Å². The number of anilines is 2. The summed E-state index contributed by atoms with van der Waals surface area (Å²) in [6.45, 7) is 0.102. The summed E-state index contributed by atoms with van der Waals surface area (Å²) in [5, 5.41) is 0. The van der Waals surface area contributed by atoms with Crippen molar-refractivity contribution in [3.8, 4) is 0 Å². The Hall–Kier alpha value is -1.62. The van der Waals surface area contributed by atoms with Gasteiger partial charge in [-0.15, -0.1) is 0 Å². The van der Waals surface area contributed by atoms with Gasteiger partial charge >= 0.3 is 0 Å². The molecule has 0 aliphatic rings. The Balaban J connectivity index is 2.32. The highest BCUT2D eigenvalue weighted by atomic mass is 79.9. The highest BCUT2D eigenvalue weighted by molar-refractivity contribution is 9.10. The van der Waals surface area contributed by atoms with Crippen molar-refractivity contribution >= 4 is 27.3 Å². The molecular weight excluding hydrogens is 314 g/mol. The van der Waals surface area contributed by atoms with Crippen LogP contribution in [0.4, 0.5) is 20.2 Å². The fourth-order valence-electron chi connectivity index (χ4n) is 1.87. The highest BCUT2D eigenvalue weighted by Gasteiger charge is 2.15. The Kier molecular flexibility index (Phi) is 4.04. The summed E-state index contributed by atoms with van der Waals surface area (Å²) in [6, 6.07) is 9.79. The van der Waals surface area contributed by atoms with Crippen LogP contribution in [0.1, 0.15) is 5.56 Å². The molecule has 0 saturated heterocycles. The van der Waals surface area contributed by atoms with Gasteiger partial charge in [0.25, 0.3) is 0 Å². The van der Waals surface area contributed by atoms with Crippen LogP contribution in [0.5, 0.6) is 0 Å². The van der Waals surface area contributed by atoms with Gasteiger partial charge < -0.3 is 10.6 Å². The van der Waals surface area contributed by atoms with E-state index in [0.29, 0.717) is 5.69 Å². The van der Waals surface area contributed by atoms with Crippen LogP contribution in [0.25, 0.3) is 0 Å². The maximum atomic E-state index is 13.9. The zero-order valence-electron chi connectivity index (χ0n) is 10.3. The van der Waals surface area contributed by atoms with Crippen molar-refractivity contribution in [1.82, 2.24) is 0 Å². The first kappa shape index (κ1) is 13.8. The van der Waals surface area contributed by atoms with Crippen LogP contribution < -0.4 is 10.6 Å². The van der Waals surface area contributed by atoms with E-state index in [1.54, 1.807) is 18.0 Å². The minimum atomic E-state index is -0.582. The highest BCUT2D eigenvalue weighted by Crippen LogP contribution is 2.26. The van der Waals surface area contributed by atoms with Crippen molar-refractivity contribution in [2.45, 2.75) is 6.54 Å². The fourth-order valence-corrected chi connectivity index (χ4v) is 2.24. The molecule has 2 aromatic carbocycles. The number of para-hydroxylation sites is 2. The molecule has 19 heavy (non-hydrogen) atoms. The Labute approximate surface area is 119 Å². The monoisotopic (exact) mass is 326 g/mol. The molecule has 2 rings (SSSR count). The van der Waals surface area contributed by atoms with Gasteiger partial charge in [-0.25, -0.2) is 8.78 Å². The number of nitrogens with zero attached hydrogens (tertiary/aromatic N) is 1. The molecule has 0 atom stereocenters. The Morgan fingerprint density at radius 2 is 1.84 bits per heavy atom. The van der Waals surface area contributed by atoms with E-state index in [-0.39, 0.29) is 16.6 Å². The molecule has 0 aliphatic heterocycles. The summed E-state index contributed by atoms with van der Waals surface area (Å²) < 4.78 is 27.8. The minimum Gasteiger partial charge on any atom is -0.397 e. The number of hydrogen-bond donors (Lipinski definition) is 1. The number of nitrogens with two attached hydrogens (primary N) is 1. The average Bonchev–Trinajstić information content (AvgIpc) is 2.39. The molecule has 0 aliphatic carbocycles. The van der Waals surface area contributed by atoms with Gasteiger partial charge in [0.1, 0.15) is 11.6 Å². The lowest BCUT2D eigenvalue weighted by Crippen LogP contribution is -2.19. The topological polar surface area (TPSA) is 29.3 Å². The van der Waals surface area contributed by atoms with E-state index in [0.717, 1.165) is 5.69 Å². The normalized spacial score (nSPS) is 10.5. The first-order valence-corrected chi connectivity index (χ1v) is 6.48. The predicted molar refractivity (Wildman–Crippen MR) is 77.0 cm³/mol. The van der Waals surface area contributed by atoms with Crippen LogP contribution in [-0.4, -0.2) is 7.05 Å². The predicted octanol–water partition coefficient (Wildman–Crippen LogP) is 3.95.